The quantitative estimate of drug-likeness (QED) is 0.765. The van der Waals surface area contributed by atoms with Crippen LogP contribution in [0.2, 0.25) is 0 Å². The molecule has 28 heavy (non-hydrogen) atoms. The van der Waals surface area contributed by atoms with Gasteiger partial charge in [0.05, 0.1) is 31.2 Å². The average Bonchev–Trinajstić information content (AvgIpc) is 3.02. The van der Waals surface area contributed by atoms with E-state index in [9.17, 15) is 13.2 Å². The SMILES string of the molecule is COc1ccccc1CCN1CC(=O)N(c2ccccc2)C2CS(=O)(=O)CC21. The molecule has 2 fully saturated rings. The third-order valence-corrected chi connectivity index (χ3v) is 7.30. The van der Waals surface area contributed by atoms with Crippen molar-refractivity contribution in [3.8, 4) is 5.75 Å². The van der Waals surface area contributed by atoms with Gasteiger partial charge in [-0.2, -0.15) is 0 Å². The third kappa shape index (κ3) is 3.64. The molecular weight excluding hydrogens is 376 g/mol. The highest BCUT2D eigenvalue weighted by atomic mass is 32.2. The Labute approximate surface area is 165 Å². The van der Waals surface area contributed by atoms with Crippen LogP contribution in [0.1, 0.15) is 5.56 Å². The second-order valence-corrected chi connectivity index (χ2v) is 9.50. The van der Waals surface area contributed by atoms with Gasteiger partial charge in [0.1, 0.15) is 5.75 Å². The van der Waals surface area contributed by atoms with Crippen LogP contribution in [0.4, 0.5) is 5.69 Å². The number of carbonyl (C=O) groups is 1. The molecule has 0 aromatic heterocycles. The van der Waals surface area contributed by atoms with Crippen molar-refractivity contribution in [3.63, 3.8) is 0 Å². The highest BCUT2D eigenvalue weighted by Gasteiger charge is 2.49. The van der Waals surface area contributed by atoms with E-state index >= 15 is 0 Å². The highest BCUT2D eigenvalue weighted by Crippen LogP contribution is 2.32. The molecule has 0 spiro atoms. The van der Waals surface area contributed by atoms with Crippen molar-refractivity contribution in [3.05, 3.63) is 60.2 Å². The molecule has 2 heterocycles. The van der Waals surface area contributed by atoms with Gasteiger partial charge in [0.15, 0.2) is 9.84 Å². The summed E-state index contributed by atoms with van der Waals surface area (Å²) in [5, 5.41) is 0. The number of para-hydroxylation sites is 2. The molecule has 0 saturated carbocycles. The van der Waals surface area contributed by atoms with Crippen molar-refractivity contribution in [2.45, 2.75) is 18.5 Å². The maximum atomic E-state index is 13.0. The van der Waals surface area contributed by atoms with Gasteiger partial charge in [-0.05, 0) is 30.2 Å². The standard InChI is InChI=1S/C21H24N2O4S/c1-27-20-10-6-5-7-16(20)11-12-22-13-21(24)23(17-8-3-2-4-9-17)19-15-28(25,26)14-18(19)22/h2-10,18-19H,11-15H2,1H3. The Balaban J connectivity index is 1.58. The summed E-state index contributed by atoms with van der Waals surface area (Å²) < 4.78 is 30.2. The van der Waals surface area contributed by atoms with Gasteiger partial charge in [0.25, 0.3) is 0 Å². The Kier molecular flexibility index (Phi) is 5.12. The maximum Gasteiger partial charge on any atom is 0.241 e. The lowest BCUT2D eigenvalue weighted by Gasteiger charge is -2.43. The van der Waals surface area contributed by atoms with Crippen LogP contribution in [-0.4, -0.2) is 63.0 Å². The summed E-state index contributed by atoms with van der Waals surface area (Å²) >= 11 is 0. The summed E-state index contributed by atoms with van der Waals surface area (Å²) in [6, 6.07) is 16.6. The fraction of sp³-hybridized carbons (Fsp3) is 0.381. The summed E-state index contributed by atoms with van der Waals surface area (Å²) in [4.78, 5) is 16.7. The fourth-order valence-corrected chi connectivity index (χ4v) is 6.28. The van der Waals surface area contributed by atoms with E-state index in [2.05, 4.69) is 0 Å². The number of benzene rings is 2. The summed E-state index contributed by atoms with van der Waals surface area (Å²) in [6.07, 6.45) is 0.700. The van der Waals surface area contributed by atoms with Gasteiger partial charge >= 0.3 is 0 Å². The number of piperazine rings is 1. The lowest BCUT2D eigenvalue weighted by molar-refractivity contribution is -0.123. The fourth-order valence-electron chi connectivity index (χ4n) is 4.30. The molecule has 6 nitrogen and oxygen atoms in total. The van der Waals surface area contributed by atoms with Crippen molar-refractivity contribution >= 4 is 21.4 Å². The summed E-state index contributed by atoms with van der Waals surface area (Å²) in [5.41, 5.74) is 1.82. The van der Waals surface area contributed by atoms with Crippen LogP contribution in [0.15, 0.2) is 54.6 Å². The zero-order valence-corrected chi connectivity index (χ0v) is 16.6. The number of anilines is 1. The van der Waals surface area contributed by atoms with Crippen molar-refractivity contribution in [1.82, 2.24) is 4.90 Å². The van der Waals surface area contributed by atoms with E-state index in [1.807, 2.05) is 59.5 Å². The van der Waals surface area contributed by atoms with Crippen LogP contribution in [0.5, 0.6) is 5.75 Å². The molecule has 7 heteroatoms. The average molecular weight is 401 g/mol. The van der Waals surface area contributed by atoms with Gasteiger partial charge in [-0.1, -0.05) is 36.4 Å². The first-order valence-electron chi connectivity index (χ1n) is 9.42. The molecule has 2 aliphatic rings. The number of methoxy groups -OCH3 is 1. The summed E-state index contributed by atoms with van der Waals surface area (Å²) in [6.45, 7) is 0.839. The van der Waals surface area contributed by atoms with Crippen LogP contribution in [0.25, 0.3) is 0 Å². The van der Waals surface area contributed by atoms with E-state index in [1.165, 1.54) is 0 Å². The Bertz CT molecular complexity index is 961. The number of carbonyl (C=O) groups excluding carboxylic acids is 1. The molecule has 2 atom stereocenters. The summed E-state index contributed by atoms with van der Waals surface area (Å²) in [5.74, 6) is 0.876. The number of fused-ring (bicyclic) bond motifs is 1. The van der Waals surface area contributed by atoms with E-state index < -0.39 is 9.84 Å². The van der Waals surface area contributed by atoms with Crippen molar-refractivity contribution in [2.75, 3.05) is 36.6 Å². The van der Waals surface area contributed by atoms with Crippen LogP contribution >= 0.6 is 0 Å². The van der Waals surface area contributed by atoms with Crippen molar-refractivity contribution < 1.29 is 17.9 Å². The van der Waals surface area contributed by atoms with E-state index in [1.54, 1.807) is 12.0 Å². The first-order chi connectivity index (χ1) is 13.5. The Morgan fingerprint density at radius 2 is 1.68 bits per heavy atom. The lowest BCUT2D eigenvalue weighted by atomic mass is 10.0. The molecule has 0 N–H and O–H groups in total. The van der Waals surface area contributed by atoms with E-state index in [-0.39, 0.29) is 36.0 Å². The third-order valence-electron chi connectivity index (χ3n) is 5.60. The molecule has 2 unspecified atom stereocenters. The van der Waals surface area contributed by atoms with Gasteiger partial charge < -0.3 is 9.64 Å². The van der Waals surface area contributed by atoms with E-state index in [0.29, 0.717) is 13.0 Å². The Hall–Kier alpha value is -2.38. The molecular formula is C21H24N2O4S. The van der Waals surface area contributed by atoms with Gasteiger partial charge in [-0.15, -0.1) is 0 Å². The monoisotopic (exact) mass is 400 g/mol. The molecule has 0 radical (unpaired) electrons. The molecule has 2 aliphatic heterocycles. The molecule has 148 valence electrons. The number of sulfone groups is 1. The van der Waals surface area contributed by atoms with Gasteiger partial charge in [0, 0.05) is 18.3 Å². The molecule has 1 amide bonds. The van der Waals surface area contributed by atoms with Crippen LogP contribution in [0.3, 0.4) is 0 Å². The van der Waals surface area contributed by atoms with E-state index in [0.717, 1.165) is 17.0 Å². The predicted molar refractivity (Wildman–Crippen MR) is 108 cm³/mol. The second-order valence-electron chi connectivity index (χ2n) is 7.34. The maximum absolute atomic E-state index is 13.0. The van der Waals surface area contributed by atoms with Crippen molar-refractivity contribution in [1.29, 1.82) is 0 Å². The van der Waals surface area contributed by atoms with Crippen LogP contribution < -0.4 is 9.64 Å². The minimum atomic E-state index is -3.18. The first-order valence-corrected chi connectivity index (χ1v) is 11.2. The number of ether oxygens (including phenoxy) is 1. The smallest absolute Gasteiger partial charge is 0.241 e. The molecule has 2 aromatic rings. The minimum absolute atomic E-state index is 0.0173. The number of amides is 1. The minimum Gasteiger partial charge on any atom is -0.496 e. The van der Waals surface area contributed by atoms with Crippen LogP contribution in [-0.2, 0) is 21.1 Å². The Morgan fingerprint density at radius 1 is 1.00 bits per heavy atom. The zero-order valence-electron chi connectivity index (χ0n) is 15.8. The van der Waals surface area contributed by atoms with Crippen LogP contribution in [0, 0.1) is 0 Å². The Morgan fingerprint density at radius 3 is 2.43 bits per heavy atom. The first kappa shape index (κ1) is 19.0. The number of hydrogen-bond acceptors (Lipinski definition) is 5. The van der Waals surface area contributed by atoms with Gasteiger partial charge in [-0.3, -0.25) is 9.69 Å². The topological polar surface area (TPSA) is 66.9 Å². The summed E-state index contributed by atoms with van der Waals surface area (Å²) in [7, 11) is -1.54. The zero-order chi connectivity index (χ0) is 19.7. The molecule has 0 bridgehead atoms. The molecule has 4 rings (SSSR count). The normalized spacial score (nSPS) is 24.2. The van der Waals surface area contributed by atoms with Crippen molar-refractivity contribution in [2.24, 2.45) is 0 Å². The predicted octanol–water partition coefficient (Wildman–Crippen LogP) is 1.75. The molecule has 0 aliphatic carbocycles. The van der Waals surface area contributed by atoms with Gasteiger partial charge in [0.2, 0.25) is 5.91 Å². The number of hydrogen-bond donors (Lipinski definition) is 0. The van der Waals surface area contributed by atoms with E-state index in [4.69, 9.17) is 4.74 Å². The van der Waals surface area contributed by atoms with Gasteiger partial charge in [-0.25, -0.2) is 8.42 Å². The lowest BCUT2D eigenvalue weighted by Crippen LogP contribution is -2.62. The second kappa shape index (κ2) is 7.56. The largest absolute Gasteiger partial charge is 0.496 e. The molecule has 2 aromatic carbocycles. The number of nitrogens with zero attached hydrogens (tertiary/aromatic N) is 2. The number of rotatable bonds is 5. The molecule has 2 saturated heterocycles. The highest BCUT2D eigenvalue weighted by molar-refractivity contribution is 7.91.